The van der Waals surface area contributed by atoms with Gasteiger partial charge in [0.05, 0.1) is 37.7 Å². The standard InChI is InChI=1S/C21H26N2O3/c22-11-5-12-23(15-19-8-4-13-25-19)14-18(24)16-26-21-10-3-7-17-6-1-2-9-20(17)21/h1-2,4,6,8-9,13,18,21,24H,3,5,7,10,12,14-16H2. The molecule has 1 aliphatic carbocycles. The Kier molecular flexibility index (Phi) is 6.84. The molecule has 138 valence electrons. The first-order chi connectivity index (χ1) is 12.8. The molecule has 0 amide bonds. The molecule has 0 saturated carbocycles. The van der Waals surface area contributed by atoms with Crippen LogP contribution in [0.15, 0.2) is 47.1 Å². The van der Waals surface area contributed by atoms with E-state index in [-0.39, 0.29) is 6.10 Å². The number of nitriles is 1. The summed E-state index contributed by atoms with van der Waals surface area (Å²) in [4.78, 5) is 2.03. The van der Waals surface area contributed by atoms with Crippen LogP contribution < -0.4 is 0 Å². The predicted molar refractivity (Wildman–Crippen MR) is 98.3 cm³/mol. The van der Waals surface area contributed by atoms with Crippen LogP contribution in [0, 0.1) is 11.3 Å². The molecule has 2 unspecified atom stereocenters. The molecular weight excluding hydrogens is 328 g/mol. The lowest BCUT2D eigenvalue weighted by Gasteiger charge is -2.28. The summed E-state index contributed by atoms with van der Waals surface area (Å²) in [6.45, 7) is 1.93. The van der Waals surface area contributed by atoms with Crippen LogP contribution in [0.4, 0.5) is 0 Å². The first-order valence-corrected chi connectivity index (χ1v) is 9.25. The van der Waals surface area contributed by atoms with Crippen LogP contribution >= 0.6 is 0 Å². The Bertz CT molecular complexity index is 708. The van der Waals surface area contributed by atoms with E-state index in [1.54, 1.807) is 6.26 Å². The number of aliphatic hydroxyl groups is 1. The number of fused-ring (bicyclic) bond motifs is 1. The van der Waals surface area contributed by atoms with Crippen LogP contribution in [0.25, 0.3) is 0 Å². The Labute approximate surface area is 154 Å². The Hall–Kier alpha value is -2.13. The van der Waals surface area contributed by atoms with E-state index in [0.29, 0.717) is 32.7 Å². The molecule has 5 heteroatoms. The van der Waals surface area contributed by atoms with Crippen molar-refractivity contribution in [2.45, 2.75) is 44.4 Å². The largest absolute Gasteiger partial charge is 0.468 e. The number of aliphatic hydroxyl groups excluding tert-OH is 1. The highest BCUT2D eigenvalue weighted by Gasteiger charge is 2.22. The molecule has 0 saturated heterocycles. The molecule has 5 nitrogen and oxygen atoms in total. The first-order valence-electron chi connectivity index (χ1n) is 9.25. The molecule has 1 aromatic carbocycles. The number of furan rings is 1. The minimum absolute atomic E-state index is 0.0623. The first kappa shape index (κ1) is 18.7. The number of ether oxygens (including phenoxy) is 1. The smallest absolute Gasteiger partial charge is 0.117 e. The lowest BCUT2D eigenvalue weighted by atomic mass is 9.89. The Morgan fingerprint density at radius 3 is 3.00 bits per heavy atom. The third-order valence-electron chi connectivity index (χ3n) is 4.77. The van der Waals surface area contributed by atoms with E-state index >= 15 is 0 Å². The summed E-state index contributed by atoms with van der Waals surface area (Å²) in [7, 11) is 0. The van der Waals surface area contributed by atoms with Crippen LogP contribution in [0.5, 0.6) is 0 Å². The lowest BCUT2D eigenvalue weighted by Crippen LogP contribution is -2.35. The highest BCUT2D eigenvalue weighted by molar-refractivity contribution is 5.31. The van der Waals surface area contributed by atoms with E-state index in [4.69, 9.17) is 14.4 Å². The van der Waals surface area contributed by atoms with Gasteiger partial charge in [0.25, 0.3) is 0 Å². The highest BCUT2D eigenvalue weighted by atomic mass is 16.5. The molecule has 2 aromatic rings. The molecule has 0 spiro atoms. The van der Waals surface area contributed by atoms with Gasteiger partial charge in [-0.15, -0.1) is 0 Å². The van der Waals surface area contributed by atoms with Crippen LogP contribution in [-0.4, -0.2) is 35.8 Å². The highest BCUT2D eigenvalue weighted by Crippen LogP contribution is 2.32. The van der Waals surface area contributed by atoms with Gasteiger partial charge in [0.2, 0.25) is 0 Å². The average Bonchev–Trinajstić information content (AvgIpc) is 3.17. The van der Waals surface area contributed by atoms with E-state index in [1.807, 2.05) is 23.1 Å². The van der Waals surface area contributed by atoms with E-state index in [2.05, 4.69) is 24.3 Å². The Morgan fingerprint density at radius 1 is 1.31 bits per heavy atom. The van der Waals surface area contributed by atoms with Crippen molar-refractivity contribution >= 4 is 0 Å². The maximum atomic E-state index is 10.4. The van der Waals surface area contributed by atoms with Crippen molar-refractivity contribution in [2.24, 2.45) is 0 Å². The summed E-state index contributed by atoms with van der Waals surface area (Å²) in [6.07, 6.45) is 4.73. The molecule has 0 fully saturated rings. The van der Waals surface area contributed by atoms with Crippen molar-refractivity contribution in [2.75, 3.05) is 19.7 Å². The topological polar surface area (TPSA) is 69.6 Å². The number of aryl methyl sites for hydroxylation is 1. The van der Waals surface area contributed by atoms with E-state index in [9.17, 15) is 5.11 Å². The van der Waals surface area contributed by atoms with E-state index in [1.165, 1.54) is 11.1 Å². The zero-order valence-corrected chi connectivity index (χ0v) is 15.0. The van der Waals surface area contributed by atoms with Gasteiger partial charge >= 0.3 is 0 Å². The molecule has 26 heavy (non-hydrogen) atoms. The van der Waals surface area contributed by atoms with Crippen LogP contribution in [0.1, 0.15) is 42.3 Å². The normalized spacial score (nSPS) is 17.7. The number of hydrogen-bond donors (Lipinski definition) is 1. The van der Waals surface area contributed by atoms with Crippen molar-refractivity contribution in [3.8, 4) is 6.07 Å². The number of nitrogens with zero attached hydrogens (tertiary/aromatic N) is 2. The molecule has 0 radical (unpaired) electrons. The van der Waals surface area contributed by atoms with Crippen molar-refractivity contribution in [3.63, 3.8) is 0 Å². The number of hydrogen-bond acceptors (Lipinski definition) is 5. The van der Waals surface area contributed by atoms with E-state index in [0.717, 1.165) is 25.0 Å². The zero-order valence-electron chi connectivity index (χ0n) is 15.0. The number of benzene rings is 1. The second-order valence-electron chi connectivity index (χ2n) is 6.79. The second kappa shape index (κ2) is 9.54. The maximum Gasteiger partial charge on any atom is 0.117 e. The van der Waals surface area contributed by atoms with Gasteiger partial charge < -0.3 is 14.3 Å². The molecule has 1 N–H and O–H groups in total. The van der Waals surface area contributed by atoms with Crippen LogP contribution in [0.2, 0.25) is 0 Å². The van der Waals surface area contributed by atoms with Crippen LogP contribution in [0.3, 0.4) is 0 Å². The van der Waals surface area contributed by atoms with Gasteiger partial charge in [-0.25, -0.2) is 0 Å². The zero-order chi connectivity index (χ0) is 18.2. The lowest BCUT2D eigenvalue weighted by molar-refractivity contribution is -0.0292. The molecule has 0 aliphatic heterocycles. The third kappa shape index (κ3) is 5.18. The van der Waals surface area contributed by atoms with Crippen molar-refractivity contribution in [1.82, 2.24) is 4.90 Å². The fourth-order valence-electron chi connectivity index (χ4n) is 3.53. The molecular formula is C21H26N2O3. The van der Waals surface area contributed by atoms with Crippen molar-refractivity contribution in [3.05, 3.63) is 59.5 Å². The van der Waals surface area contributed by atoms with Gasteiger partial charge in [0.15, 0.2) is 0 Å². The van der Waals surface area contributed by atoms with Gasteiger partial charge in [-0.1, -0.05) is 24.3 Å². The van der Waals surface area contributed by atoms with Crippen LogP contribution in [-0.2, 0) is 17.7 Å². The molecule has 1 heterocycles. The van der Waals surface area contributed by atoms with Gasteiger partial charge in [-0.2, -0.15) is 5.26 Å². The molecule has 1 aromatic heterocycles. The maximum absolute atomic E-state index is 10.4. The fourth-order valence-corrected chi connectivity index (χ4v) is 3.53. The summed E-state index contributed by atoms with van der Waals surface area (Å²) in [5.41, 5.74) is 2.61. The number of rotatable bonds is 9. The van der Waals surface area contributed by atoms with E-state index < -0.39 is 6.10 Å². The predicted octanol–water partition coefficient (Wildman–Crippen LogP) is 3.45. The molecule has 0 bridgehead atoms. The Balaban J connectivity index is 1.52. The van der Waals surface area contributed by atoms with Gasteiger partial charge in [-0.3, -0.25) is 4.90 Å². The van der Waals surface area contributed by atoms with Gasteiger partial charge in [-0.05, 0) is 42.5 Å². The SMILES string of the molecule is N#CCCN(Cc1ccco1)CC(O)COC1CCCc2ccccc21. The quantitative estimate of drug-likeness (QED) is 0.747. The third-order valence-corrected chi connectivity index (χ3v) is 4.77. The second-order valence-corrected chi connectivity index (χ2v) is 6.79. The fraction of sp³-hybridized carbons (Fsp3) is 0.476. The van der Waals surface area contributed by atoms with Gasteiger partial charge in [0.1, 0.15) is 5.76 Å². The minimum Gasteiger partial charge on any atom is -0.468 e. The Morgan fingerprint density at radius 2 is 2.19 bits per heavy atom. The monoisotopic (exact) mass is 354 g/mol. The summed E-state index contributed by atoms with van der Waals surface area (Å²) in [5, 5.41) is 19.3. The van der Waals surface area contributed by atoms with Crippen molar-refractivity contribution < 1.29 is 14.3 Å². The van der Waals surface area contributed by atoms with Gasteiger partial charge in [0, 0.05) is 19.5 Å². The average molecular weight is 354 g/mol. The summed E-state index contributed by atoms with van der Waals surface area (Å²) < 4.78 is 11.4. The summed E-state index contributed by atoms with van der Waals surface area (Å²) in [5.74, 6) is 0.831. The molecule has 1 aliphatic rings. The molecule has 2 atom stereocenters. The summed E-state index contributed by atoms with van der Waals surface area (Å²) >= 11 is 0. The summed E-state index contributed by atoms with van der Waals surface area (Å²) in [6, 6.07) is 14.3. The van der Waals surface area contributed by atoms with Crippen molar-refractivity contribution in [1.29, 1.82) is 5.26 Å². The molecule has 3 rings (SSSR count). The minimum atomic E-state index is -0.599.